The van der Waals surface area contributed by atoms with Crippen LogP contribution in [0.1, 0.15) is 27.7 Å². The highest BCUT2D eigenvalue weighted by molar-refractivity contribution is 5.87. The van der Waals surface area contributed by atoms with E-state index in [2.05, 4.69) is 10.6 Å². The molecule has 0 spiro atoms. The lowest BCUT2D eigenvalue weighted by molar-refractivity contribution is -0.231. The number of rotatable bonds is 3. The van der Waals surface area contributed by atoms with E-state index in [4.69, 9.17) is 23.7 Å². The number of hydrogen-bond acceptors (Lipinski definition) is 7. The van der Waals surface area contributed by atoms with Gasteiger partial charge in [-0.3, -0.25) is 9.59 Å². The lowest BCUT2D eigenvalue weighted by Gasteiger charge is -2.36. The Morgan fingerprint density at radius 3 is 2.17 bits per heavy atom. The van der Waals surface area contributed by atoms with Crippen molar-refractivity contribution in [2.75, 3.05) is 13.6 Å². The Kier molecular flexibility index (Phi) is 4.33. The zero-order valence-corrected chi connectivity index (χ0v) is 14.5. The number of carbonyl (C=O) groups excluding carboxylic acids is 2. The number of amides is 2. The third-order valence-electron chi connectivity index (χ3n) is 4.12. The van der Waals surface area contributed by atoms with E-state index in [1.807, 2.05) is 0 Å². The maximum atomic E-state index is 12.5. The maximum Gasteiger partial charge on any atom is 0.252 e. The van der Waals surface area contributed by atoms with Gasteiger partial charge < -0.3 is 34.3 Å². The number of carbonyl (C=O) groups is 2. The molecule has 3 fully saturated rings. The first-order valence-electron chi connectivity index (χ1n) is 7.97. The van der Waals surface area contributed by atoms with Gasteiger partial charge in [0, 0.05) is 7.05 Å². The van der Waals surface area contributed by atoms with E-state index in [-0.39, 0.29) is 12.5 Å². The summed E-state index contributed by atoms with van der Waals surface area (Å²) in [6.07, 6.45) is -3.34. The summed E-state index contributed by atoms with van der Waals surface area (Å²) in [6.45, 7) is 6.92. The van der Waals surface area contributed by atoms with Crippen LogP contribution in [0.25, 0.3) is 0 Å². The van der Waals surface area contributed by atoms with Crippen LogP contribution in [0.3, 0.4) is 0 Å². The van der Waals surface area contributed by atoms with Crippen molar-refractivity contribution in [3.63, 3.8) is 0 Å². The van der Waals surface area contributed by atoms with E-state index in [9.17, 15) is 9.59 Å². The Labute approximate surface area is 140 Å². The fourth-order valence-corrected chi connectivity index (χ4v) is 3.18. The first-order valence-corrected chi connectivity index (χ1v) is 7.97. The van der Waals surface area contributed by atoms with Gasteiger partial charge in [-0.1, -0.05) is 0 Å². The van der Waals surface area contributed by atoms with Crippen molar-refractivity contribution < 1.29 is 33.3 Å². The molecular formula is C15H24N2O7. The summed E-state index contributed by atoms with van der Waals surface area (Å²) in [5.41, 5.74) is 0. The number of nitrogens with one attached hydrogen (secondary N) is 2. The Morgan fingerprint density at radius 1 is 0.917 bits per heavy atom. The van der Waals surface area contributed by atoms with Crippen LogP contribution >= 0.6 is 0 Å². The second-order valence-electron chi connectivity index (χ2n) is 6.98. The molecule has 0 aromatic carbocycles. The van der Waals surface area contributed by atoms with Crippen LogP contribution in [0.15, 0.2) is 0 Å². The predicted molar refractivity (Wildman–Crippen MR) is 79.6 cm³/mol. The molecule has 2 N–H and O–H groups in total. The minimum atomic E-state index is -0.958. The SMILES string of the molecule is CNC(=O)CNC(=O)C1OC2OC(C)(C)OC2C2OC(C)(C)OC12. The van der Waals surface area contributed by atoms with Crippen LogP contribution in [-0.4, -0.2) is 67.7 Å². The Balaban J connectivity index is 1.77. The smallest absolute Gasteiger partial charge is 0.252 e. The summed E-state index contributed by atoms with van der Waals surface area (Å²) >= 11 is 0. The van der Waals surface area contributed by atoms with Gasteiger partial charge in [0.05, 0.1) is 6.54 Å². The average molecular weight is 344 g/mol. The first-order chi connectivity index (χ1) is 11.1. The third kappa shape index (κ3) is 3.27. The van der Waals surface area contributed by atoms with Crippen LogP contribution in [0.2, 0.25) is 0 Å². The average Bonchev–Trinajstić information content (AvgIpc) is 2.97. The Morgan fingerprint density at radius 2 is 1.50 bits per heavy atom. The van der Waals surface area contributed by atoms with Crippen LogP contribution < -0.4 is 10.6 Å². The van der Waals surface area contributed by atoms with Gasteiger partial charge in [0.2, 0.25) is 5.91 Å². The van der Waals surface area contributed by atoms with Crippen molar-refractivity contribution in [3.8, 4) is 0 Å². The highest BCUT2D eigenvalue weighted by atomic mass is 16.9. The molecule has 3 aliphatic heterocycles. The zero-order valence-electron chi connectivity index (χ0n) is 14.5. The van der Waals surface area contributed by atoms with Gasteiger partial charge in [-0.2, -0.15) is 0 Å². The van der Waals surface area contributed by atoms with Gasteiger partial charge in [0.15, 0.2) is 24.0 Å². The highest BCUT2D eigenvalue weighted by Gasteiger charge is 2.62. The number of hydrogen-bond donors (Lipinski definition) is 2. The number of likely N-dealkylation sites (N-methyl/N-ethyl adjacent to an activating group) is 1. The van der Waals surface area contributed by atoms with Crippen LogP contribution in [0.4, 0.5) is 0 Å². The third-order valence-corrected chi connectivity index (χ3v) is 4.12. The van der Waals surface area contributed by atoms with Crippen molar-refractivity contribution in [1.82, 2.24) is 10.6 Å². The molecule has 5 unspecified atom stereocenters. The van der Waals surface area contributed by atoms with Crippen molar-refractivity contribution >= 4 is 11.8 Å². The molecule has 3 saturated heterocycles. The van der Waals surface area contributed by atoms with Gasteiger partial charge in [-0.05, 0) is 27.7 Å². The Hall–Kier alpha value is -1.26. The molecule has 3 heterocycles. The minimum Gasteiger partial charge on any atom is -0.358 e. The molecule has 2 amide bonds. The molecule has 0 saturated carbocycles. The van der Waals surface area contributed by atoms with E-state index in [0.29, 0.717) is 0 Å². The van der Waals surface area contributed by atoms with Gasteiger partial charge in [0.25, 0.3) is 5.91 Å². The molecule has 0 aromatic heterocycles. The summed E-state index contributed by atoms with van der Waals surface area (Å²) in [5.74, 6) is -2.48. The van der Waals surface area contributed by atoms with Crippen molar-refractivity contribution in [1.29, 1.82) is 0 Å². The fourth-order valence-electron chi connectivity index (χ4n) is 3.18. The quantitative estimate of drug-likeness (QED) is 0.694. The van der Waals surface area contributed by atoms with Gasteiger partial charge in [-0.25, -0.2) is 0 Å². The largest absolute Gasteiger partial charge is 0.358 e. The molecule has 3 aliphatic rings. The highest BCUT2D eigenvalue weighted by Crippen LogP contribution is 2.44. The summed E-state index contributed by atoms with van der Waals surface area (Å²) in [4.78, 5) is 23.8. The second-order valence-corrected chi connectivity index (χ2v) is 6.98. The van der Waals surface area contributed by atoms with Crippen molar-refractivity contribution in [2.45, 2.75) is 70.0 Å². The molecule has 0 bridgehead atoms. The van der Waals surface area contributed by atoms with E-state index in [1.54, 1.807) is 27.7 Å². The summed E-state index contributed by atoms with van der Waals surface area (Å²) < 4.78 is 29.1. The summed E-state index contributed by atoms with van der Waals surface area (Å²) in [5, 5.41) is 4.97. The summed E-state index contributed by atoms with van der Waals surface area (Å²) in [7, 11) is 1.49. The monoisotopic (exact) mass is 344 g/mol. The van der Waals surface area contributed by atoms with Crippen LogP contribution in [-0.2, 0) is 33.3 Å². The van der Waals surface area contributed by atoms with Crippen LogP contribution in [0.5, 0.6) is 0 Å². The normalized spacial score (nSPS) is 39.0. The molecule has 0 radical (unpaired) electrons. The molecule has 9 heteroatoms. The van der Waals surface area contributed by atoms with Gasteiger partial charge in [0.1, 0.15) is 18.3 Å². The number of ether oxygens (including phenoxy) is 5. The van der Waals surface area contributed by atoms with Crippen LogP contribution in [0, 0.1) is 0 Å². The zero-order chi connectivity index (χ0) is 17.7. The lowest BCUT2D eigenvalue weighted by Crippen LogP contribution is -2.60. The van der Waals surface area contributed by atoms with E-state index in [1.165, 1.54) is 7.05 Å². The standard InChI is InChI=1S/C15H24N2O7/c1-14(2)21-8-9(22-14)11-13(24-15(3,4)23-11)20-10(8)12(19)17-6-7(18)16-5/h8-11,13H,6H2,1-5H3,(H,16,18)(H,17,19). The molecule has 0 aliphatic carbocycles. The number of fused-ring (bicyclic) bond motifs is 3. The second kappa shape index (κ2) is 5.92. The van der Waals surface area contributed by atoms with Gasteiger partial charge >= 0.3 is 0 Å². The van der Waals surface area contributed by atoms with E-state index in [0.717, 1.165) is 0 Å². The maximum absolute atomic E-state index is 12.5. The van der Waals surface area contributed by atoms with E-state index >= 15 is 0 Å². The molecular weight excluding hydrogens is 320 g/mol. The first kappa shape index (κ1) is 17.6. The molecule has 24 heavy (non-hydrogen) atoms. The van der Waals surface area contributed by atoms with Gasteiger partial charge in [-0.15, -0.1) is 0 Å². The molecule has 5 atom stereocenters. The fraction of sp³-hybridized carbons (Fsp3) is 0.867. The topological polar surface area (TPSA) is 104 Å². The Bertz CT molecular complexity index is 536. The predicted octanol–water partition coefficient (Wildman–Crippen LogP) is -0.755. The molecule has 0 aromatic rings. The molecule has 9 nitrogen and oxygen atoms in total. The molecule has 136 valence electrons. The minimum absolute atomic E-state index is 0.145. The van der Waals surface area contributed by atoms with E-state index < -0.39 is 48.2 Å². The van der Waals surface area contributed by atoms with Crippen molar-refractivity contribution in [3.05, 3.63) is 0 Å². The molecule has 3 rings (SSSR count). The van der Waals surface area contributed by atoms with Crippen molar-refractivity contribution in [2.24, 2.45) is 0 Å². The lowest BCUT2D eigenvalue weighted by atomic mass is 9.98. The summed E-state index contributed by atoms with van der Waals surface area (Å²) in [6, 6.07) is 0.